The van der Waals surface area contributed by atoms with Crippen molar-refractivity contribution in [3.05, 3.63) is 12.4 Å². The highest BCUT2D eigenvalue weighted by Crippen LogP contribution is 2.20. The SMILES string of the molecule is CCOc1cc(N(C)CCC2CCCCN2C)ncn1. The third kappa shape index (κ3) is 4.07. The molecule has 2 heterocycles. The largest absolute Gasteiger partial charge is 0.478 e. The molecule has 5 heteroatoms. The number of hydrogen-bond acceptors (Lipinski definition) is 5. The summed E-state index contributed by atoms with van der Waals surface area (Å²) in [5.41, 5.74) is 0. The molecule has 0 radical (unpaired) electrons. The fourth-order valence-corrected chi connectivity index (χ4v) is 2.73. The first-order valence-corrected chi connectivity index (χ1v) is 7.57. The Kier molecular flexibility index (Phi) is 5.59. The van der Waals surface area contributed by atoms with E-state index in [9.17, 15) is 0 Å². The van der Waals surface area contributed by atoms with Gasteiger partial charge in [0.15, 0.2) is 0 Å². The number of nitrogens with zero attached hydrogens (tertiary/aromatic N) is 4. The van der Waals surface area contributed by atoms with Crippen LogP contribution in [0.3, 0.4) is 0 Å². The van der Waals surface area contributed by atoms with Gasteiger partial charge in [-0.3, -0.25) is 0 Å². The second-order valence-corrected chi connectivity index (χ2v) is 5.49. The summed E-state index contributed by atoms with van der Waals surface area (Å²) in [5.74, 6) is 1.58. The molecular formula is C15H26N4O. The van der Waals surface area contributed by atoms with E-state index in [2.05, 4.69) is 33.9 Å². The van der Waals surface area contributed by atoms with Gasteiger partial charge in [0, 0.05) is 25.7 Å². The maximum absolute atomic E-state index is 5.42. The first-order chi connectivity index (χ1) is 9.70. The number of hydrogen-bond donors (Lipinski definition) is 0. The van der Waals surface area contributed by atoms with E-state index in [0.717, 1.165) is 12.4 Å². The first kappa shape index (κ1) is 15.0. The molecule has 1 aromatic heterocycles. The number of likely N-dealkylation sites (tertiary alicyclic amines) is 1. The molecule has 0 N–H and O–H groups in total. The molecule has 1 aliphatic rings. The number of piperidine rings is 1. The predicted octanol–water partition coefficient (Wildman–Crippen LogP) is 2.19. The summed E-state index contributed by atoms with van der Waals surface area (Å²) in [4.78, 5) is 13.1. The normalized spacial score (nSPS) is 19.9. The van der Waals surface area contributed by atoms with Gasteiger partial charge in [0.1, 0.15) is 12.1 Å². The number of anilines is 1. The number of aromatic nitrogens is 2. The van der Waals surface area contributed by atoms with Crippen LogP contribution in [-0.4, -0.2) is 54.7 Å². The second-order valence-electron chi connectivity index (χ2n) is 5.49. The third-order valence-corrected chi connectivity index (χ3v) is 4.03. The summed E-state index contributed by atoms with van der Waals surface area (Å²) in [6.07, 6.45) is 6.77. The van der Waals surface area contributed by atoms with Gasteiger partial charge in [-0.05, 0) is 39.8 Å². The Balaban J connectivity index is 1.87. The molecule has 2 rings (SSSR count). The van der Waals surface area contributed by atoms with Crippen molar-refractivity contribution in [3.63, 3.8) is 0 Å². The van der Waals surface area contributed by atoms with Crippen molar-refractivity contribution < 1.29 is 4.74 Å². The van der Waals surface area contributed by atoms with Crippen molar-refractivity contribution in [2.75, 3.05) is 38.7 Å². The van der Waals surface area contributed by atoms with Crippen molar-refractivity contribution in [1.29, 1.82) is 0 Å². The average molecular weight is 278 g/mol. The Morgan fingerprint density at radius 3 is 3.00 bits per heavy atom. The molecule has 0 amide bonds. The Morgan fingerprint density at radius 1 is 1.40 bits per heavy atom. The first-order valence-electron chi connectivity index (χ1n) is 7.57. The maximum atomic E-state index is 5.42. The molecule has 1 atom stereocenters. The lowest BCUT2D eigenvalue weighted by Gasteiger charge is -2.33. The molecular weight excluding hydrogens is 252 g/mol. The van der Waals surface area contributed by atoms with Crippen LogP contribution in [0.4, 0.5) is 5.82 Å². The zero-order valence-electron chi connectivity index (χ0n) is 12.9. The summed E-state index contributed by atoms with van der Waals surface area (Å²) in [5, 5.41) is 0. The number of ether oxygens (including phenoxy) is 1. The monoisotopic (exact) mass is 278 g/mol. The van der Waals surface area contributed by atoms with E-state index in [-0.39, 0.29) is 0 Å². The Labute approximate surface area is 122 Å². The van der Waals surface area contributed by atoms with E-state index < -0.39 is 0 Å². The standard InChI is InChI=1S/C15H26N4O/c1-4-20-15-11-14(16-12-17-15)19(3)10-8-13-7-5-6-9-18(13)2/h11-13H,4-10H2,1-3H3. The molecule has 1 unspecified atom stereocenters. The fourth-order valence-electron chi connectivity index (χ4n) is 2.73. The maximum Gasteiger partial charge on any atom is 0.218 e. The summed E-state index contributed by atoms with van der Waals surface area (Å²) >= 11 is 0. The average Bonchev–Trinajstić information content (AvgIpc) is 2.47. The van der Waals surface area contributed by atoms with Gasteiger partial charge in [0.25, 0.3) is 0 Å². The Hall–Kier alpha value is -1.36. The molecule has 5 nitrogen and oxygen atoms in total. The predicted molar refractivity (Wildman–Crippen MR) is 81.4 cm³/mol. The van der Waals surface area contributed by atoms with Crippen molar-refractivity contribution in [2.45, 2.75) is 38.6 Å². The Bertz CT molecular complexity index is 413. The van der Waals surface area contributed by atoms with Crippen LogP contribution in [-0.2, 0) is 0 Å². The number of rotatable bonds is 6. The zero-order valence-corrected chi connectivity index (χ0v) is 12.9. The van der Waals surface area contributed by atoms with Crippen LogP contribution in [0.1, 0.15) is 32.6 Å². The quantitative estimate of drug-likeness (QED) is 0.798. The van der Waals surface area contributed by atoms with Gasteiger partial charge in [0.05, 0.1) is 6.61 Å². The summed E-state index contributed by atoms with van der Waals surface area (Å²) in [6, 6.07) is 2.62. The lowest BCUT2D eigenvalue weighted by Crippen LogP contribution is -2.38. The molecule has 1 aliphatic heterocycles. The molecule has 1 aromatic rings. The van der Waals surface area contributed by atoms with Gasteiger partial charge in [-0.15, -0.1) is 0 Å². The van der Waals surface area contributed by atoms with E-state index >= 15 is 0 Å². The highest BCUT2D eigenvalue weighted by Gasteiger charge is 2.19. The van der Waals surface area contributed by atoms with Crippen molar-refractivity contribution in [3.8, 4) is 5.88 Å². The van der Waals surface area contributed by atoms with Crippen LogP contribution in [0.15, 0.2) is 12.4 Å². The fraction of sp³-hybridized carbons (Fsp3) is 0.733. The van der Waals surface area contributed by atoms with Crippen molar-refractivity contribution in [2.24, 2.45) is 0 Å². The minimum Gasteiger partial charge on any atom is -0.478 e. The molecule has 0 spiro atoms. The van der Waals surface area contributed by atoms with Gasteiger partial charge >= 0.3 is 0 Å². The van der Waals surface area contributed by atoms with Crippen LogP contribution in [0, 0.1) is 0 Å². The van der Waals surface area contributed by atoms with Crippen molar-refractivity contribution in [1.82, 2.24) is 14.9 Å². The van der Waals surface area contributed by atoms with Gasteiger partial charge in [0.2, 0.25) is 5.88 Å². The summed E-state index contributed by atoms with van der Waals surface area (Å²) in [6.45, 7) is 4.84. The molecule has 0 aliphatic carbocycles. The molecule has 0 saturated carbocycles. The minimum absolute atomic E-state index is 0.632. The van der Waals surface area contributed by atoms with E-state index in [1.54, 1.807) is 6.33 Å². The van der Waals surface area contributed by atoms with Crippen LogP contribution in [0.25, 0.3) is 0 Å². The van der Waals surface area contributed by atoms with E-state index in [0.29, 0.717) is 18.5 Å². The van der Waals surface area contributed by atoms with E-state index in [1.807, 2.05) is 13.0 Å². The highest BCUT2D eigenvalue weighted by molar-refractivity contribution is 5.39. The molecule has 1 saturated heterocycles. The molecule has 1 fully saturated rings. The van der Waals surface area contributed by atoms with E-state index in [1.165, 1.54) is 32.2 Å². The summed E-state index contributed by atoms with van der Waals surface area (Å²) in [7, 11) is 4.32. The van der Waals surface area contributed by atoms with Gasteiger partial charge in [-0.1, -0.05) is 6.42 Å². The molecule has 0 aromatic carbocycles. The smallest absolute Gasteiger partial charge is 0.218 e. The Morgan fingerprint density at radius 2 is 2.25 bits per heavy atom. The molecule has 0 bridgehead atoms. The second kappa shape index (κ2) is 7.43. The lowest BCUT2D eigenvalue weighted by atomic mass is 10.00. The van der Waals surface area contributed by atoms with Gasteiger partial charge in [-0.25, -0.2) is 9.97 Å². The summed E-state index contributed by atoms with van der Waals surface area (Å²) < 4.78 is 5.42. The lowest BCUT2D eigenvalue weighted by molar-refractivity contribution is 0.178. The van der Waals surface area contributed by atoms with Gasteiger partial charge in [-0.2, -0.15) is 0 Å². The third-order valence-electron chi connectivity index (χ3n) is 4.03. The molecule has 20 heavy (non-hydrogen) atoms. The van der Waals surface area contributed by atoms with Crippen LogP contribution < -0.4 is 9.64 Å². The van der Waals surface area contributed by atoms with E-state index in [4.69, 9.17) is 4.74 Å². The van der Waals surface area contributed by atoms with Gasteiger partial charge < -0.3 is 14.5 Å². The molecule has 112 valence electrons. The van der Waals surface area contributed by atoms with Crippen LogP contribution in [0.5, 0.6) is 5.88 Å². The zero-order chi connectivity index (χ0) is 14.4. The van der Waals surface area contributed by atoms with Crippen LogP contribution in [0.2, 0.25) is 0 Å². The highest BCUT2D eigenvalue weighted by atomic mass is 16.5. The van der Waals surface area contributed by atoms with Crippen LogP contribution >= 0.6 is 0 Å². The topological polar surface area (TPSA) is 41.5 Å². The minimum atomic E-state index is 0.632. The van der Waals surface area contributed by atoms with Crippen molar-refractivity contribution >= 4 is 5.82 Å².